The van der Waals surface area contributed by atoms with E-state index in [1.807, 2.05) is 0 Å². The molecular formula is C17H15FN2O5. The Morgan fingerprint density at radius 1 is 1.16 bits per heavy atom. The van der Waals surface area contributed by atoms with Crippen LogP contribution in [-0.2, 0) is 9.53 Å². The SMILES string of the molecule is COC(=O)CNc1cc(NC(=O)c2ccc3c(c2)OCO3)ccc1F. The van der Waals surface area contributed by atoms with Gasteiger partial charge in [0, 0.05) is 11.3 Å². The first-order chi connectivity index (χ1) is 12.1. The molecule has 0 atom stereocenters. The van der Waals surface area contributed by atoms with Crippen molar-refractivity contribution < 1.29 is 28.2 Å². The van der Waals surface area contributed by atoms with Crippen molar-refractivity contribution in [2.24, 2.45) is 0 Å². The molecule has 2 N–H and O–H groups in total. The van der Waals surface area contributed by atoms with Gasteiger partial charge >= 0.3 is 5.97 Å². The topological polar surface area (TPSA) is 85.9 Å². The fourth-order valence-electron chi connectivity index (χ4n) is 2.22. The maximum Gasteiger partial charge on any atom is 0.325 e. The molecular weight excluding hydrogens is 331 g/mol. The highest BCUT2D eigenvalue weighted by Crippen LogP contribution is 2.32. The minimum Gasteiger partial charge on any atom is -0.468 e. The van der Waals surface area contributed by atoms with E-state index in [1.54, 1.807) is 18.2 Å². The molecule has 0 bridgehead atoms. The first-order valence-electron chi connectivity index (χ1n) is 7.38. The number of carbonyl (C=O) groups is 2. The zero-order valence-electron chi connectivity index (χ0n) is 13.3. The highest BCUT2D eigenvalue weighted by molar-refractivity contribution is 6.04. The van der Waals surface area contributed by atoms with Gasteiger partial charge in [0.2, 0.25) is 6.79 Å². The molecule has 1 amide bonds. The van der Waals surface area contributed by atoms with Crippen LogP contribution in [0.25, 0.3) is 0 Å². The molecule has 0 saturated carbocycles. The molecule has 0 aromatic heterocycles. The number of hydrogen-bond acceptors (Lipinski definition) is 6. The lowest BCUT2D eigenvalue weighted by Gasteiger charge is -2.10. The Hall–Kier alpha value is -3.29. The molecule has 1 heterocycles. The molecule has 3 rings (SSSR count). The van der Waals surface area contributed by atoms with E-state index in [0.29, 0.717) is 22.7 Å². The number of hydrogen-bond donors (Lipinski definition) is 2. The van der Waals surface area contributed by atoms with E-state index in [4.69, 9.17) is 9.47 Å². The quantitative estimate of drug-likeness (QED) is 0.809. The van der Waals surface area contributed by atoms with Crippen LogP contribution in [0.2, 0.25) is 0 Å². The smallest absolute Gasteiger partial charge is 0.325 e. The molecule has 1 aliphatic heterocycles. The summed E-state index contributed by atoms with van der Waals surface area (Å²) in [5, 5.41) is 5.27. The van der Waals surface area contributed by atoms with Crippen molar-refractivity contribution in [3.8, 4) is 11.5 Å². The van der Waals surface area contributed by atoms with Crippen LogP contribution in [0.15, 0.2) is 36.4 Å². The van der Waals surface area contributed by atoms with Gasteiger partial charge in [-0.25, -0.2) is 4.39 Å². The van der Waals surface area contributed by atoms with Crippen LogP contribution in [0.1, 0.15) is 10.4 Å². The second-order valence-corrected chi connectivity index (χ2v) is 5.15. The largest absolute Gasteiger partial charge is 0.468 e. The molecule has 130 valence electrons. The van der Waals surface area contributed by atoms with Gasteiger partial charge in [0.05, 0.1) is 12.8 Å². The number of halogens is 1. The highest BCUT2D eigenvalue weighted by Gasteiger charge is 2.16. The average Bonchev–Trinajstić information content (AvgIpc) is 3.09. The van der Waals surface area contributed by atoms with Crippen LogP contribution < -0.4 is 20.1 Å². The van der Waals surface area contributed by atoms with Crippen molar-refractivity contribution in [1.82, 2.24) is 0 Å². The van der Waals surface area contributed by atoms with Crippen LogP contribution in [0.5, 0.6) is 11.5 Å². The van der Waals surface area contributed by atoms with Gasteiger partial charge in [-0.3, -0.25) is 9.59 Å². The van der Waals surface area contributed by atoms with Gasteiger partial charge in [-0.1, -0.05) is 0 Å². The second kappa shape index (κ2) is 7.08. The summed E-state index contributed by atoms with van der Waals surface area (Å²) in [6, 6.07) is 8.81. The number of rotatable bonds is 5. The number of benzene rings is 2. The van der Waals surface area contributed by atoms with Crippen LogP contribution in [0.3, 0.4) is 0 Å². The number of methoxy groups -OCH3 is 1. The number of fused-ring (bicyclic) bond motifs is 1. The van der Waals surface area contributed by atoms with Gasteiger partial charge in [-0.2, -0.15) is 0 Å². The van der Waals surface area contributed by atoms with Gasteiger partial charge in [0.1, 0.15) is 12.4 Å². The Morgan fingerprint density at radius 2 is 1.96 bits per heavy atom. The Kier molecular flexibility index (Phi) is 4.69. The minimum atomic E-state index is -0.551. The average molecular weight is 346 g/mol. The van der Waals surface area contributed by atoms with Crippen molar-refractivity contribution in [3.05, 3.63) is 47.8 Å². The van der Waals surface area contributed by atoms with Crippen molar-refractivity contribution in [2.75, 3.05) is 31.1 Å². The predicted molar refractivity (Wildman–Crippen MR) is 87.4 cm³/mol. The third-order valence-electron chi connectivity index (χ3n) is 3.51. The Balaban J connectivity index is 1.71. The lowest BCUT2D eigenvalue weighted by Crippen LogP contribution is -2.16. The minimum absolute atomic E-state index is 0.0777. The maximum atomic E-state index is 13.8. The molecule has 0 aliphatic carbocycles. The molecule has 0 spiro atoms. The third-order valence-corrected chi connectivity index (χ3v) is 3.51. The highest BCUT2D eigenvalue weighted by atomic mass is 19.1. The van der Waals surface area contributed by atoms with Gasteiger partial charge in [-0.05, 0) is 36.4 Å². The van der Waals surface area contributed by atoms with Crippen molar-refractivity contribution >= 4 is 23.3 Å². The molecule has 0 radical (unpaired) electrons. The molecule has 0 fully saturated rings. The Bertz CT molecular complexity index is 825. The van der Waals surface area contributed by atoms with E-state index in [9.17, 15) is 14.0 Å². The predicted octanol–water partition coefficient (Wildman–Crippen LogP) is 2.39. The zero-order chi connectivity index (χ0) is 17.8. The van der Waals surface area contributed by atoms with Crippen molar-refractivity contribution in [1.29, 1.82) is 0 Å². The van der Waals surface area contributed by atoms with Crippen molar-refractivity contribution in [3.63, 3.8) is 0 Å². The number of amides is 1. The number of carbonyl (C=O) groups excluding carboxylic acids is 2. The summed E-state index contributed by atoms with van der Waals surface area (Å²) in [6.45, 7) is -0.0689. The van der Waals surface area contributed by atoms with Crippen molar-refractivity contribution in [2.45, 2.75) is 0 Å². The first-order valence-corrected chi connectivity index (χ1v) is 7.38. The molecule has 0 unspecified atom stereocenters. The van der Waals surface area contributed by atoms with Crippen LogP contribution in [0.4, 0.5) is 15.8 Å². The van der Waals surface area contributed by atoms with E-state index >= 15 is 0 Å². The van der Waals surface area contributed by atoms with E-state index in [1.165, 1.54) is 25.3 Å². The Morgan fingerprint density at radius 3 is 2.76 bits per heavy atom. The number of nitrogens with one attached hydrogen (secondary N) is 2. The summed E-state index contributed by atoms with van der Waals surface area (Å²) in [5.74, 6) is -0.400. The van der Waals surface area contributed by atoms with Gasteiger partial charge < -0.3 is 24.8 Å². The summed E-state index contributed by atoms with van der Waals surface area (Å²) in [4.78, 5) is 23.5. The van der Waals surface area contributed by atoms with E-state index in [0.717, 1.165) is 0 Å². The molecule has 2 aromatic carbocycles. The van der Waals surface area contributed by atoms with E-state index in [2.05, 4.69) is 15.4 Å². The third kappa shape index (κ3) is 3.79. The molecule has 25 heavy (non-hydrogen) atoms. The summed E-state index contributed by atoms with van der Waals surface area (Å²) in [6.07, 6.45) is 0. The standard InChI is InChI=1S/C17H15FN2O5/c1-23-16(21)8-19-13-7-11(3-4-12(13)18)20-17(22)10-2-5-14-15(6-10)25-9-24-14/h2-7,19H,8-9H2,1H3,(H,20,22). The monoisotopic (exact) mass is 346 g/mol. The van der Waals surface area contributed by atoms with E-state index < -0.39 is 11.8 Å². The summed E-state index contributed by atoms with van der Waals surface area (Å²) < 4.78 is 28.7. The summed E-state index contributed by atoms with van der Waals surface area (Å²) in [5.41, 5.74) is 0.822. The van der Waals surface area contributed by atoms with Crippen LogP contribution >= 0.6 is 0 Å². The normalized spacial score (nSPS) is 11.8. The fraction of sp³-hybridized carbons (Fsp3) is 0.176. The number of esters is 1. The van der Waals surface area contributed by atoms with Gasteiger partial charge in [0.15, 0.2) is 11.5 Å². The van der Waals surface area contributed by atoms with Gasteiger partial charge in [0.25, 0.3) is 5.91 Å². The number of ether oxygens (including phenoxy) is 3. The molecule has 8 heteroatoms. The molecule has 1 aliphatic rings. The molecule has 7 nitrogen and oxygen atoms in total. The number of anilines is 2. The maximum absolute atomic E-state index is 13.8. The second-order valence-electron chi connectivity index (χ2n) is 5.15. The van der Waals surface area contributed by atoms with Gasteiger partial charge in [-0.15, -0.1) is 0 Å². The fourth-order valence-corrected chi connectivity index (χ4v) is 2.22. The Labute approximate surface area is 142 Å². The first kappa shape index (κ1) is 16.6. The van der Waals surface area contributed by atoms with Crippen LogP contribution in [0, 0.1) is 5.82 Å². The summed E-state index contributed by atoms with van der Waals surface area (Å²) in [7, 11) is 1.24. The molecule has 2 aromatic rings. The lowest BCUT2D eigenvalue weighted by molar-refractivity contribution is -0.138. The zero-order valence-corrected chi connectivity index (χ0v) is 13.3. The molecule has 0 saturated heterocycles. The van der Waals surface area contributed by atoms with E-state index in [-0.39, 0.29) is 24.9 Å². The lowest BCUT2D eigenvalue weighted by atomic mass is 10.2. The van der Waals surface area contributed by atoms with Crippen LogP contribution in [-0.4, -0.2) is 32.3 Å². The summed E-state index contributed by atoms with van der Waals surface area (Å²) >= 11 is 0.